The van der Waals surface area contributed by atoms with Crippen LogP contribution in [0, 0.1) is 10.1 Å². The van der Waals surface area contributed by atoms with Gasteiger partial charge in [0.2, 0.25) is 0 Å². The van der Waals surface area contributed by atoms with Gasteiger partial charge in [-0.25, -0.2) is 4.98 Å². The molecule has 1 aromatic heterocycles. The van der Waals surface area contributed by atoms with Crippen LogP contribution < -0.4 is 4.90 Å². The Kier molecular flexibility index (Phi) is 4.77. The van der Waals surface area contributed by atoms with E-state index < -0.39 is 4.92 Å². The summed E-state index contributed by atoms with van der Waals surface area (Å²) in [4.78, 5) is 19.1. The minimum Gasteiger partial charge on any atom is -0.354 e. The molecule has 2 heterocycles. The summed E-state index contributed by atoms with van der Waals surface area (Å²) in [5.74, 6) is 0.591. The van der Waals surface area contributed by atoms with Crippen LogP contribution >= 0.6 is 11.6 Å². The minimum absolute atomic E-state index is 0.00986. The highest BCUT2D eigenvalue weighted by Crippen LogP contribution is 2.24. The standard InChI is InChI=1S/C13H19ClN4O2/c1-3-10(2)16-4-6-17(7-5-16)13-9-11(18(19)20)8-12(14)15-13/h8-10H,3-7H2,1-2H3. The highest BCUT2D eigenvalue weighted by atomic mass is 35.5. The summed E-state index contributed by atoms with van der Waals surface area (Å²) < 4.78 is 0. The average molecular weight is 299 g/mol. The largest absolute Gasteiger partial charge is 0.354 e. The number of rotatable bonds is 4. The van der Waals surface area contributed by atoms with Gasteiger partial charge in [0, 0.05) is 32.2 Å². The maximum absolute atomic E-state index is 10.9. The van der Waals surface area contributed by atoms with Crippen LogP contribution in [0.1, 0.15) is 20.3 Å². The molecular formula is C13H19ClN4O2. The number of nitro groups is 1. The summed E-state index contributed by atoms with van der Waals surface area (Å²) >= 11 is 5.86. The van der Waals surface area contributed by atoms with Crippen LogP contribution in [0.3, 0.4) is 0 Å². The van der Waals surface area contributed by atoms with E-state index in [1.165, 1.54) is 12.1 Å². The van der Waals surface area contributed by atoms with Crippen LogP contribution in [0.15, 0.2) is 12.1 Å². The van der Waals surface area contributed by atoms with Crippen molar-refractivity contribution in [2.24, 2.45) is 0 Å². The van der Waals surface area contributed by atoms with E-state index in [1.807, 2.05) is 0 Å². The summed E-state index contributed by atoms with van der Waals surface area (Å²) in [5.41, 5.74) is -0.00986. The molecule has 0 saturated carbocycles. The van der Waals surface area contributed by atoms with Crippen molar-refractivity contribution in [2.45, 2.75) is 26.3 Å². The Balaban J connectivity index is 2.09. The van der Waals surface area contributed by atoms with Gasteiger partial charge >= 0.3 is 0 Å². The van der Waals surface area contributed by atoms with Gasteiger partial charge in [-0.1, -0.05) is 18.5 Å². The van der Waals surface area contributed by atoms with Crippen LogP contribution in [0.4, 0.5) is 11.5 Å². The molecule has 0 bridgehead atoms. The molecule has 0 amide bonds. The van der Waals surface area contributed by atoms with Crippen LogP contribution in [0.25, 0.3) is 0 Å². The molecule has 0 aliphatic carbocycles. The highest BCUT2D eigenvalue weighted by molar-refractivity contribution is 6.29. The molecule has 1 fully saturated rings. The fourth-order valence-corrected chi connectivity index (χ4v) is 2.59. The lowest BCUT2D eigenvalue weighted by molar-refractivity contribution is -0.384. The molecule has 0 N–H and O–H groups in total. The van der Waals surface area contributed by atoms with E-state index in [4.69, 9.17) is 11.6 Å². The minimum atomic E-state index is -0.438. The number of pyridine rings is 1. The van der Waals surface area contributed by atoms with Crippen LogP contribution in [-0.2, 0) is 0 Å². The van der Waals surface area contributed by atoms with Crippen molar-refractivity contribution in [2.75, 3.05) is 31.1 Å². The van der Waals surface area contributed by atoms with Gasteiger partial charge in [-0.3, -0.25) is 15.0 Å². The molecule has 2 rings (SSSR count). The first-order valence-electron chi connectivity index (χ1n) is 6.82. The summed E-state index contributed by atoms with van der Waals surface area (Å²) in [6, 6.07) is 3.34. The summed E-state index contributed by atoms with van der Waals surface area (Å²) in [6.07, 6.45) is 1.13. The normalized spacial score (nSPS) is 18.1. The van der Waals surface area contributed by atoms with Gasteiger partial charge in [0.15, 0.2) is 0 Å². The predicted octanol–water partition coefficient (Wildman–Crippen LogP) is 2.56. The van der Waals surface area contributed by atoms with E-state index in [2.05, 4.69) is 28.6 Å². The first kappa shape index (κ1) is 15.0. The summed E-state index contributed by atoms with van der Waals surface area (Å²) in [7, 11) is 0. The molecule has 0 radical (unpaired) electrons. The molecule has 1 aliphatic rings. The van der Waals surface area contributed by atoms with Gasteiger partial charge in [0.05, 0.1) is 17.1 Å². The molecule has 0 spiro atoms. The lowest BCUT2D eigenvalue weighted by Gasteiger charge is -2.38. The second kappa shape index (κ2) is 6.37. The monoisotopic (exact) mass is 298 g/mol. The predicted molar refractivity (Wildman–Crippen MR) is 79.4 cm³/mol. The fourth-order valence-electron chi connectivity index (χ4n) is 2.39. The first-order valence-corrected chi connectivity index (χ1v) is 7.20. The molecule has 20 heavy (non-hydrogen) atoms. The Bertz CT molecular complexity index is 489. The van der Waals surface area contributed by atoms with E-state index in [0.29, 0.717) is 11.9 Å². The average Bonchev–Trinajstić information content (AvgIpc) is 2.46. The van der Waals surface area contributed by atoms with Crippen molar-refractivity contribution in [3.8, 4) is 0 Å². The number of anilines is 1. The van der Waals surface area contributed by atoms with Crippen molar-refractivity contribution in [1.82, 2.24) is 9.88 Å². The van der Waals surface area contributed by atoms with Gasteiger partial charge in [0.25, 0.3) is 5.69 Å². The molecule has 6 nitrogen and oxygen atoms in total. The number of halogens is 1. The molecule has 1 unspecified atom stereocenters. The van der Waals surface area contributed by atoms with Crippen molar-refractivity contribution in [3.63, 3.8) is 0 Å². The molecule has 7 heteroatoms. The van der Waals surface area contributed by atoms with E-state index >= 15 is 0 Å². The molecular weight excluding hydrogens is 280 g/mol. The van der Waals surface area contributed by atoms with Crippen LogP contribution in [0.2, 0.25) is 5.15 Å². The third-order valence-corrected chi connectivity index (χ3v) is 4.02. The third kappa shape index (κ3) is 3.37. The second-order valence-corrected chi connectivity index (χ2v) is 5.43. The van der Waals surface area contributed by atoms with Crippen molar-refractivity contribution < 1.29 is 4.92 Å². The Labute approximate surface area is 123 Å². The maximum atomic E-state index is 10.9. The second-order valence-electron chi connectivity index (χ2n) is 5.04. The smallest absolute Gasteiger partial charge is 0.276 e. The van der Waals surface area contributed by atoms with Crippen molar-refractivity contribution >= 4 is 23.1 Å². The Morgan fingerprint density at radius 1 is 1.40 bits per heavy atom. The number of hydrogen-bond acceptors (Lipinski definition) is 5. The summed E-state index contributed by atoms with van der Waals surface area (Å²) in [6.45, 7) is 7.91. The van der Waals surface area contributed by atoms with E-state index in [0.717, 1.165) is 32.6 Å². The zero-order chi connectivity index (χ0) is 14.7. The molecule has 1 atom stereocenters. The Morgan fingerprint density at radius 3 is 2.60 bits per heavy atom. The lowest BCUT2D eigenvalue weighted by atomic mass is 10.2. The van der Waals surface area contributed by atoms with Crippen molar-refractivity contribution in [3.05, 3.63) is 27.4 Å². The topological polar surface area (TPSA) is 62.5 Å². The quantitative estimate of drug-likeness (QED) is 0.486. The molecule has 110 valence electrons. The number of hydrogen-bond donors (Lipinski definition) is 0. The number of nitrogens with zero attached hydrogens (tertiary/aromatic N) is 4. The van der Waals surface area contributed by atoms with Gasteiger partial charge in [-0.05, 0) is 13.3 Å². The molecule has 1 saturated heterocycles. The Morgan fingerprint density at radius 2 is 2.05 bits per heavy atom. The van der Waals surface area contributed by atoms with Crippen LogP contribution in [-0.4, -0.2) is 47.0 Å². The zero-order valence-corrected chi connectivity index (χ0v) is 12.5. The molecule has 1 aromatic rings. The van der Waals surface area contributed by atoms with Gasteiger partial charge in [-0.2, -0.15) is 0 Å². The van der Waals surface area contributed by atoms with Gasteiger partial charge in [-0.15, -0.1) is 0 Å². The molecule has 0 aromatic carbocycles. The highest BCUT2D eigenvalue weighted by Gasteiger charge is 2.22. The van der Waals surface area contributed by atoms with Gasteiger partial charge < -0.3 is 4.90 Å². The first-order chi connectivity index (χ1) is 9.51. The molecule has 1 aliphatic heterocycles. The fraction of sp³-hybridized carbons (Fsp3) is 0.615. The van der Waals surface area contributed by atoms with E-state index in [-0.39, 0.29) is 10.8 Å². The Hall–Kier alpha value is -1.40. The number of piperazine rings is 1. The zero-order valence-electron chi connectivity index (χ0n) is 11.8. The van der Waals surface area contributed by atoms with E-state index in [9.17, 15) is 10.1 Å². The maximum Gasteiger partial charge on any atom is 0.276 e. The lowest BCUT2D eigenvalue weighted by Crippen LogP contribution is -2.49. The van der Waals surface area contributed by atoms with E-state index in [1.54, 1.807) is 0 Å². The number of aromatic nitrogens is 1. The SMILES string of the molecule is CCC(C)N1CCN(c2cc([N+](=O)[O-])cc(Cl)n2)CC1. The van der Waals surface area contributed by atoms with Gasteiger partial charge in [0.1, 0.15) is 11.0 Å². The van der Waals surface area contributed by atoms with Crippen molar-refractivity contribution in [1.29, 1.82) is 0 Å². The van der Waals surface area contributed by atoms with Crippen LogP contribution in [0.5, 0.6) is 0 Å². The summed E-state index contributed by atoms with van der Waals surface area (Å²) in [5, 5.41) is 11.0. The third-order valence-electron chi connectivity index (χ3n) is 3.83.